The molecule has 17 heavy (non-hydrogen) atoms. The average Bonchev–Trinajstić information content (AvgIpc) is 2.37. The van der Waals surface area contributed by atoms with E-state index < -0.39 is 5.92 Å². The summed E-state index contributed by atoms with van der Waals surface area (Å²) in [7, 11) is 0. The minimum absolute atomic E-state index is 0.0786. The smallest absolute Gasteiger partial charge is 0.237 e. The van der Waals surface area contributed by atoms with Crippen molar-refractivity contribution < 1.29 is 4.79 Å². The van der Waals surface area contributed by atoms with Gasteiger partial charge >= 0.3 is 0 Å². The zero-order valence-corrected chi connectivity index (χ0v) is 10.9. The third-order valence-electron chi connectivity index (χ3n) is 3.63. The Labute approximate surface area is 105 Å². The summed E-state index contributed by atoms with van der Waals surface area (Å²) in [4.78, 5) is 11.7. The number of nitrogens with one attached hydrogen (secondary N) is 1. The van der Waals surface area contributed by atoms with Gasteiger partial charge in [0.15, 0.2) is 0 Å². The molecule has 0 aromatic carbocycles. The van der Waals surface area contributed by atoms with Gasteiger partial charge in [0.05, 0.1) is 6.07 Å². The van der Waals surface area contributed by atoms with Gasteiger partial charge in [-0.25, -0.2) is 0 Å². The fourth-order valence-corrected chi connectivity index (χ4v) is 2.54. The van der Waals surface area contributed by atoms with Gasteiger partial charge in [-0.2, -0.15) is 5.26 Å². The van der Waals surface area contributed by atoms with Crippen LogP contribution >= 0.6 is 0 Å². The summed E-state index contributed by atoms with van der Waals surface area (Å²) < 4.78 is 0. The maximum atomic E-state index is 11.7. The van der Waals surface area contributed by atoms with Crippen molar-refractivity contribution in [1.29, 1.82) is 5.26 Å². The van der Waals surface area contributed by atoms with Crippen LogP contribution in [0.4, 0.5) is 0 Å². The molecular formula is C14H24N2O. The van der Waals surface area contributed by atoms with E-state index in [1.54, 1.807) is 0 Å². The second-order valence-corrected chi connectivity index (χ2v) is 5.05. The van der Waals surface area contributed by atoms with Crippen molar-refractivity contribution in [3.8, 4) is 6.07 Å². The van der Waals surface area contributed by atoms with Crippen LogP contribution in [0.3, 0.4) is 0 Å². The number of carbonyl (C=O) groups excluding carboxylic acids is 1. The zero-order valence-electron chi connectivity index (χ0n) is 10.9. The quantitative estimate of drug-likeness (QED) is 0.770. The first-order valence-corrected chi connectivity index (χ1v) is 6.95. The second-order valence-electron chi connectivity index (χ2n) is 5.05. The van der Waals surface area contributed by atoms with E-state index in [2.05, 4.69) is 11.4 Å². The third-order valence-corrected chi connectivity index (χ3v) is 3.63. The highest BCUT2D eigenvalue weighted by atomic mass is 16.1. The van der Waals surface area contributed by atoms with Gasteiger partial charge in [-0.1, -0.05) is 45.4 Å². The van der Waals surface area contributed by atoms with Gasteiger partial charge in [-0.15, -0.1) is 0 Å². The van der Waals surface area contributed by atoms with E-state index in [0.717, 1.165) is 25.3 Å². The summed E-state index contributed by atoms with van der Waals surface area (Å²) in [6, 6.07) is 2.08. The fourth-order valence-electron chi connectivity index (χ4n) is 2.54. The molecular weight excluding hydrogens is 212 g/mol. The van der Waals surface area contributed by atoms with Crippen molar-refractivity contribution in [2.24, 2.45) is 11.8 Å². The van der Waals surface area contributed by atoms with Crippen molar-refractivity contribution in [2.45, 2.75) is 58.3 Å². The summed E-state index contributed by atoms with van der Waals surface area (Å²) in [5.41, 5.74) is 0. The summed E-state index contributed by atoms with van der Waals surface area (Å²) in [6.45, 7) is 2.74. The largest absolute Gasteiger partial charge is 0.355 e. The Bertz CT molecular complexity index is 264. The predicted molar refractivity (Wildman–Crippen MR) is 68.2 cm³/mol. The van der Waals surface area contributed by atoms with Crippen LogP contribution < -0.4 is 5.32 Å². The third kappa shape index (κ3) is 5.21. The Kier molecular flexibility index (Phi) is 6.69. The van der Waals surface area contributed by atoms with E-state index in [1.807, 2.05) is 6.92 Å². The van der Waals surface area contributed by atoms with Crippen molar-refractivity contribution in [3.63, 3.8) is 0 Å². The molecule has 1 aliphatic rings. The molecule has 1 saturated carbocycles. The maximum Gasteiger partial charge on any atom is 0.237 e. The van der Waals surface area contributed by atoms with Crippen LogP contribution in [0.25, 0.3) is 0 Å². The molecule has 0 heterocycles. The Hall–Kier alpha value is -1.04. The molecule has 1 atom stereocenters. The van der Waals surface area contributed by atoms with Crippen LogP contribution in [0.2, 0.25) is 0 Å². The standard InChI is InChI=1S/C14H24N2O/c1-2-6-13(11-15)14(17)16-10-9-12-7-4-3-5-8-12/h12-13H,2-10H2,1H3,(H,16,17). The molecule has 0 saturated heterocycles. The molecule has 1 fully saturated rings. The number of nitriles is 1. The normalized spacial score (nSPS) is 18.4. The highest BCUT2D eigenvalue weighted by Crippen LogP contribution is 2.25. The number of carbonyl (C=O) groups is 1. The zero-order chi connectivity index (χ0) is 12.5. The van der Waals surface area contributed by atoms with Crippen molar-refractivity contribution in [1.82, 2.24) is 5.32 Å². The molecule has 1 rings (SSSR count). The monoisotopic (exact) mass is 236 g/mol. The van der Waals surface area contributed by atoms with Gasteiger partial charge in [-0.3, -0.25) is 4.79 Å². The molecule has 0 radical (unpaired) electrons. The van der Waals surface area contributed by atoms with Gasteiger partial charge in [0, 0.05) is 6.54 Å². The molecule has 1 aliphatic carbocycles. The first-order valence-electron chi connectivity index (χ1n) is 6.95. The van der Waals surface area contributed by atoms with Gasteiger partial charge in [-0.05, 0) is 18.8 Å². The molecule has 96 valence electrons. The van der Waals surface area contributed by atoms with Gasteiger partial charge < -0.3 is 5.32 Å². The number of amides is 1. The van der Waals surface area contributed by atoms with Crippen molar-refractivity contribution in [3.05, 3.63) is 0 Å². The molecule has 1 amide bonds. The SMILES string of the molecule is CCCC(C#N)C(=O)NCCC1CCCCC1. The Balaban J connectivity index is 2.16. The summed E-state index contributed by atoms with van der Waals surface area (Å²) >= 11 is 0. The summed E-state index contributed by atoms with van der Waals surface area (Å²) in [5.74, 6) is 0.257. The first-order chi connectivity index (χ1) is 8.27. The lowest BCUT2D eigenvalue weighted by atomic mass is 9.87. The lowest BCUT2D eigenvalue weighted by Crippen LogP contribution is -2.31. The highest BCUT2D eigenvalue weighted by Gasteiger charge is 2.17. The van der Waals surface area contributed by atoms with Gasteiger partial charge in [0.2, 0.25) is 5.91 Å². The highest BCUT2D eigenvalue weighted by molar-refractivity contribution is 5.80. The first kappa shape index (κ1) is 14.0. The van der Waals surface area contributed by atoms with Crippen LogP contribution in [0.5, 0.6) is 0 Å². The minimum Gasteiger partial charge on any atom is -0.355 e. The van der Waals surface area contributed by atoms with E-state index >= 15 is 0 Å². The van der Waals surface area contributed by atoms with Crippen LogP contribution in [-0.4, -0.2) is 12.5 Å². The van der Waals surface area contributed by atoms with Crippen LogP contribution in [0.1, 0.15) is 58.3 Å². The Morgan fingerprint density at radius 2 is 2.12 bits per heavy atom. The summed E-state index contributed by atoms with van der Waals surface area (Å²) in [6.07, 6.45) is 9.31. The molecule has 0 aromatic rings. The molecule has 0 aliphatic heterocycles. The van der Waals surface area contributed by atoms with E-state index in [0.29, 0.717) is 6.42 Å². The van der Waals surface area contributed by atoms with E-state index in [9.17, 15) is 4.79 Å². The van der Waals surface area contributed by atoms with Crippen LogP contribution in [-0.2, 0) is 4.79 Å². The van der Waals surface area contributed by atoms with E-state index in [4.69, 9.17) is 5.26 Å². The van der Waals surface area contributed by atoms with E-state index in [-0.39, 0.29) is 5.91 Å². The van der Waals surface area contributed by atoms with Crippen LogP contribution in [0.15, 0.2) is 0 Å². The predicted octanol–water partition coefficient (Wildman–Crippen LogP) is 3.01. The number of nitrogens with zero attached hydrogens (tertiary/aromatic N) is 1. The molecule has 3 heteroatoms. The molecule has 1 unspecified atom stereocenters. The maximum absolute atomic E-state index is 11.7. The number of rotatable bonds is 6. The lowest BCUT2D eigenvalue weighted by molar-refractivity contribution is -0.123. The molecule has 0 bridgehead atoms. The molecule has 0 aromatic heterocycles. The molecule has 3 nitrogen and oxygen atoms in total. The van der Waals surface area contributed by atoms with E-state index in [1.165, 1.54) is 32.1 Å². The summed E-state index contributed by atoms with van der Waals surface area (Å²) in [5, 5.41) is 11.8. The minimum atomic E-state index is -0.452. The Morgan fingerprint density at radius 3 is 2.71 bits per heavy atom. The number of hydrogen-bond acceptors (Lipinski definition) is 2. The molecule has 1 N–H and O–H groups in total. The van der Waals surface area contributed by atoms with Gasteiger partial charge in [0.1, 0.15) is 5.92 Å². The van der Waals surface area contributed by atoms with Crippen molar-refractivity contribution in [2.75, 3.05) is 6.54 Å². The number of hydrogen-bond donors (Lipinski definition) is 1. The fraction of sp³-hybridized carbons (Fsp3) is 0.857. The van der Waals surface area contributed by atoms with Gasteiger partial charge in [0.25, 0.3) is 0 Å². The lowest BCUT2D eigenvalue weighted by Gasteiger charge is -2.21. The second kappa shape index (κ2) is 8.11. The molecule has 0 spiro atoms. The van der Waals surface area contributed by atoms with Crippen LogP contribution in [0, 0.1) is 23.2 Å². The topological polar surface area (TPSA) is 52.9 Å². The van der Waals surface area contributed by atoms with Crippen molar-refractivity contribution >= 4 is 5.91 Å². The Morgan fingerprint density at radius 1 is 1.41 bits per heavy atom. The average molecular weight is 236 g/mol.